The number of carbonyl (C=O) groups excluding carboxylic acids is 2. The van der Waals surface area contributed by atoms with Crippen LogP contribution in [0.25, 0.3) is 0 Å². The number of carbonyl (C=O) groups is 2. The Bertz CT molecular complexity index is 744. The molecule has 1 N–H and O–H groups in total. The first-order valence-electron chi connectivity index (χ1n) is 7.89. The molecule has 124 valence electrons. The summed E-state index contributed by atoms with van der Waals surface area (Å²) in [7, 11) is 0. The fourth-order valence-corrected chi connectivity index (χ4v) is 2.91. The summed E-state index contributed by atoms with van der Waals surface area (Å²) in [5.74, 6) is -0.762. The van der Waals surface area contributed by atoms with E-state index in [1.165, 1.54) is 11.0 Å². The fraction of sp³-hybridized carbons (Fsp3) is 0.263. The number of aromatic hydroxyl groups is 1. The number of amides is 2. The molecule has 2 atom stereocenters. The third-order valence-corrected chi connectivity index (χ3v) is 4.25. The highest BCUT2D eigenvalue weighted by Gasteiger charge is 2.39. The third kappa shape index (κ3) is 3.25. The highest BCUT2D eigenvalue weighted by molar-refractivity contribution is 5.97. The van der Waals surface area contributed by atoms with Gasteiger partial charge < -0.3 is 9.84 Å². The molecule has 1 aliphatic heterocycles. The van der Waals surface area contributed by atoms with E-state index in [1.807, 2.05) is 30.3 Å². The maximum Gasteiger partial charge on any atom is 0.417 e. The normalized spacial score (nSPS) is 18.3. The lowest BCUT2D eigenvalue weighted by atomic mass is 9.98. The number of benzene rings is 2. The monoisotopic (exact) mass is 325 g/mol. The molecule has 0 aromatic heterocycles. The summed E-state index contributed by atoms with van der Waals surface area (Å²) in [5, 5.41) is 9.59. The molecule has 1 aliphatic rings. The average Bonchev–Trinajstić information content (AvgIpc) is 2.95. The summed E-state index contributed by atoms with van der Waals surface area (Å²) in [6, 6.07) is 15.9. The van der Waals surface area contributed by atoms with E-state index in [1.54, 1.807) is 25.1 Å². The van der Waals surface area contributed by atoms with Gasteiger partial charge in [0.2, 0.25) is 5.91 Å². The molecule has 2 aromatic carbocycles. The van der Waals surface area contributed by atoms with E-state index in [4.69, 9.17) is 4.74 Å². The minimum atomic E-state index is -0.604. The number of phenolic OH excluding ortho intramolecular Hbond substituents is 1. The van der Waals surface area contributed by atoms with Crippen LogP contribution in [-0.4, -0.2) is 34.7 Å². The van der Waals surface area contributed by atoms with Gasteiger partial charge in [-0.3, -0.25) is 4.79 Å². The minimum Gasteiger partial charge on any atom is -0.508 e. The molecule has 1 fully saturated rings. The molecular weight excluding hydrogens is 306 g/mol. The van der Waals surface area contributed by atoms with Crippen LogP contribution in [-0.2, 0) is 16.0 Å². The Morgan fingerprint density at radius 3 is 2.71 bits per heavy atom. The number of hydrogen-bond acceptors (Lipinski definition) is 4. The van der Waals surface area contributed by atoms with Gasteiger partial charge in [0.25, 0.3) is 0 Å². The zero-order valence-electron chi connectivity index (χ0n) is 13.4. The molecule has 3 rings (SSSR count). The zero-order chi connectivity index (χ0) is 17.1. The molecule has 1 saturated heterocycles. The Hall–Kier alpha value is -2.82. The number of cyclic esters (lactones) is 1. The van der Waals surface area contributed by atoms with Crippen LogP contribution in [0.3, 0.4) is 0 Å². The van der Waals surface area contributed by atoms with Crippen LogP contribution >= 0.6 is 0 Å². The standard InChI is InChI=1S/C19H19NO4/c1-13(15-8-5-9-17(21)11-15)18(22)20-16(12-24-19(20)23)10-14-6-3-2-4-7-14/h2-9,11,13,16,21H,10,12H2,1H3/t13-,16-/m1/s1. The number of rotatable bonds is 4. The Morgan fingerprint density at radius 2 is 2.00 bits per heavy atom. The molecule has 0 saturated carbocycles. The fourth-order valence-electron chi connectivity index (χ4n) is 2.91. The maximum atomic E-state index is 12.8. The molecule has 1 heterocycles. The second kappa shape index (κ2) is 6.74. The lowest BCUT2D eigenvalue weighted by molar-refractivity contribution is -0.130. The highest BCUT2D eigenvalue weighted by Crippen LogP contribution is 2.26. The van der Waals surface area contributed by atoms with Crippen molar-refractivity contribution in [2.75, 3.05) is 6.61 Å². The van der Waals surface area contributed by atoms with E-state index in [0.717, 1.165) is 5.56 Å². The van der Waals surface area contributed by atoms with Crippen molar-refractivity contribution < 1.29 is 19.4 Å². The maximum absolute atomic E-state index is 12.8. The van der Waals surface area contributed by atoms with Crippen LogP contribution in [0.15, 0.2) is 54.6 Å². The number of hydrogen-bond donors (Lipinski definition) is 1. The molecule has 2 amide bonds. The molecule has 5 heteroatoms. The molecule has 0 aliphatic carbocycles. The highest BCUT2D eigenvalue weighted by atomic mass is 16.6. The summed E-state index contributed by atoms with van der Waals surface area (Å²) in [5.41, 5.74) is 1.71. The van der Waals surface area contributed by atoms with Crippen molar-refractivity contribution in [2.24, 2.45) is 0 Å². The first kappa shape index (κ1) is 16.1. The van der Waals surface area contributed by atoms with Gasteiger partial charge in [0, 0.05) is 0 Å². The van der Waals surface area contributed by atoms with Gasteiger partial charge in [-0.05, 0) is 36.6 Å². The quantitative estimate of drug-likeness (QED) is 0.938. The van der Waals surface area contributed by atoms with Gasteiger partial charge in [-0.15, -0.1) is 0 Å². The predicted molar refractivity (Wildman–Crippen MR) is 88.6 cm³/mol. The van der Waals surface area contributed by atoms with Crippen LogP contribution in [0.1, 0.15) is 24.0 Å². The number of imide groups is 1. The predicted octanol–water partition coefficient (Wildman–Crippen LogP) is 3.09. The van der Waals surface area contributed by atoms with Crippen molar-refractivity contribution in [3.63, 3.8) is 0 Å². The van der Waals surface area contributed by atoms with Gasteiger partial charge in [-0.1, -0.05) is 42.5 Å². The van der Waals surface area contributed by atoms with E-state index in [2.05, 4.69) is 0 Å². The summed E-state index contributed by atoms with van der Waals surface area (Å²) >= 11 is 0. The van der Waals surface area contributed by atoms with Crippen molar-refractivity contribution in [3.8, 4) is 5.75 Å². The Morgan fingerprint density at radius 1 is 1.25 bits per heavy atom. The van der Waals surface area contributed by atoms with Crippen LogP contribution in [0.5, 0.6) is 5.75 Å². The zero-order valence-corrected chi connectivity index (χ0v) is 13.4. The Balaban J connectivity index is 1.79. The van der Waals surface area contributed by atoms with Crippen molar-refractivity contribution in [1.29, 1.82) is 0 Å². The molecular formula is C19H19NO4. The molecule has 0 radical (unpaired) electrons. The molecule has 2 aromatic rings. The van der Waals surface area contributed by atoms with Crippen LogP contribution in [0.4, 0.5) is 4.79 Å². The van der Waals surface area contributed by atoms with Gasteiger partial charge in [0.1, 0.15) is 12.4 Å². The lowest BCUT2D eigenvalue weighted by Crippen LogP contribution is -2.42. The van der Waals surface area contributed by atoms with Gasteiger partial charge in [0.05, 0.1) is 12.0 Å². The van der Waals surface area contributed by atoms with Gasteiger partial charge >= 0.3 is 6.09 Å². The number of nitrogens with zero attached hydrogens (tertiary/aromatic N) is 1. The third-order valence-electron chi connectivity index (χ3n) is 4.25. The molecule has 0 unspecified atom stereocenters. The van der Waals surface area contributed by atoms with E-state index in [-0.39, 0.29) is 24.3 Å². The largest absolute Gasteiger partial charge is 0.508 e. The molecule has 24 heavy (non-hydrogen) atoms. The second-order valence-electron chi connectivity index (χ2n) is 5.95. The van der Waals surface area contributed by atoms with Gasteiger partial charge in [0.15, 0.2) is 0 Å². The lowest BCUT2D eigenvalue weighted by Gasteiger charge is -2.23. The van der Waals surface area contributed by atoms with E-state index >= 15 is 0 Å². The van der Waals surface area contributed by atoms with E-state index in [0.29, 0.717) is 12.0 Å². The number of ether oxygens (including phenoxy) is 1. The first-order chi connectivity index (χ1) is 11.6. The minimum absolute atomic E-state index is 0.0944. The second-order valence-corrected chi connectivity index (χ2v) is 5.95. The molecule has 0 spiro atoms. The Kier molecular flexibility index (Phi) is 4.51. The van der Waals surface area contributed by atoms with E-state index < -0.39 is 12.0 Å². The topological polar surface area (TPSA) is 66.8 Å². The molecule has 5 nitrogen and oxygen atoms in total. The summed E-state index contributed by atoms with van der Waals surface area (Å²) in [6.45, 7) is 1.93. The van der Waals surface area contributed by atoms with E-state index in [9.17, 15) is 14.7 Å². The summed E-state index contributed by atoms with van der Waals surface area (Å²) in [4.78, 5) is 26.1. The smallest absolute Gasteiger partial charge is 0.417 e. The Labute approximate surface area is 140 Å². The van der Waals surface area contributed by atoms with Gasteiger partial charge in [-0.2, -0.15) is 0 Å². The molecule has 0 bridgehead atoms. The van der Waals surface area contributed by atoms with Crippen molar-refractivity contribution in [3.05, 3.63) is 65.7 Å². The number of phenols is 1. The average molecular weight is 325 g/mol. The SMILES string of the molecule is C[C@@H](C(=O)N1C(=O)OC[C@H]1Cc1ccccc1)c1cccc(O)c1. The van der Waals surface area contributed by atoms with Crippen molar-refractivity contribution >= 4 is 12.0 Å². The van der Waals surface area contributed by atoms with Crippen molar-refractivity contribution in [2.45, 2.75) is 25.3 Å². The van der Waals surface area contributed by atoms with Gasteiger partial charge in [-0.25, -0.2) is 9.69 Å². The first-order valence-corrected chi connectivity index (χ1v) is 7.89. The van der Waals surface area contributed by atoms with Crippen LogP contribution < -0.4 is 0 Å². The summed E-state index contributed by atoms with van der Waals surface area (Å²) < 4.78 is 5.10. The summed E-state index contributed by atoms with van der Waals surface area (Å²) in [6.07, 6.45) is -0.0432. The van der Waals surface area contributed by atoms with Crippen LogP contribution in [0, 0.1) is 0 Å². The van der Waals surface area contributed by atoms with Crippen LogP contribution in [0.2, 0.25) is 0 Å². The van der Waals surface area contributed by atoms with Crippen molar-refractivity contribution in [1.82, 2.24) is 4.90 Å².